The molecule has 0 aliphatic heterocycles. The van der Waals surface area contributed by atoms with Crippen LogP contribution in [-0.2, 0) is 5.41 Å². The summed E-state index contributed by atoms with van der Waals surface area (Å²) in [6.45, 7) is 4.58. The largest absolute Gasteiger partial charge is 0.378 e. The molecule has 0 aromatic heterocycles. The fourth-order valence-corrected chi connectivity index (χ4v) is 3.33. The van der Waals surface area contributed by atoms with Crippen molar-refractivity contribution in [2.24, 2.45) is 0 Å². The van der Waals surface area contributed by atoms with Gasteiger partial charge in [0.15, 0.2) is 0 Å². The third kappa shape index (κ3) is 2.77. The summed E-state index contributed by atoms with van der Waals surface area (Å²) >= 11 is 5.86. The van der Waals surface area contributed by atoms with Crippen LogP contribution in [0.15, 0.2) is 42.5 Å². The lowest BCUT2D eigenvalue weighted by Crippen LogP contribution is -2.29. The van der Waals surface area contributed by atoms with E-state index in [9.17, 15) is 4.39 Å². The Morgan fingerprint density at radius 1 is 1.19 bits per heavy atom. The number of fused-ring (bicyclic) bond motifs is 1. The summed E-state index contributed by atoms with van der Waals surface area (Å²) in [5.41, 5.74) is 3.78. The number of rotatable bonds is 2. The Hall–Kier alpha value is -1.54. The Morgan fingerprint density at radius 3 is 2.71 bits per heavy atom. The molecule has 0 amide bonds. The first-order valence-corrected chi connectivity index (χ1v) is 7.66. The van der Waals surface area contributed by atoms with Crippen molar-refractivity contribution in [3.8, 4) is 0 Å². The molecular formula is C18H19ClFN. The van der Waals surface area contributed by atoms with E-state index in [0.717, 1.165) is 18.5 Å². The molecule has 21 heavy (non-hydrogen) atoms. The van der Waals surface area contributed by atoms with Crippen LogP contribution in [0.5, 0.6) is 0 Å². The molecule has 1 atom stereocenters. The highest BCUT2D eigenvalue weighted by Crippen LogP contribution is 2.42. The van der Waals surface area contributed by atoms with Gasteiger partial charge in [-0.2, -0.15) is 0 Å². The summed E-state index contributed by atoms with van der Waals surface area (Å²) in [5.74, 6) is -0.382. The predicted octanol–water partition coefficient (Wildman–Crippen LogP) is 5.70. The molecule has 1 N–H and O–H groups in total. The Balaban J connectivity index is 1.92. The smallest absolute Gasteiger partial charge is 0.141 e. The van der Waals surface area contributed by atoms with Crippen LogP contribution < -0.4 is 5.32 Å². The second kappa shape index (κ2) is 5.34. The molecule has 2 aromatic carbocycles. The van der Waals surface area contributed by atoms with E-state index in [1.165, 1.54) is 17.2 Å². The van der Waals surface area contributed by atoms with Crippen molar-refractivity contribution < 1.29 is 4.39 Å². The van der Waals surface area contributed by atoms with Gasteiger partial charge in [0.1, 0.15) is 5.82 Å². The fraction of sp³-hybridized carbons (Fsp3) is 0.333. The number of benzene rings is 2. The lowest BCUT2D eigenvalue weighted by Gasteiger charge is -2.37. The van der Waals surface area contributed by atoms with E-state index in [2.05, 4.69) is 43.4 Å². The molecule has 1 aliphatic rings. The highest BCUT2D eigenvalue weighted by Gasteiger charge is 2.32. The van der Waals surface area contributed by atoms with Gasteiger partial charge < -0.3 is 5.32 Å². The predicted molar refractivity (Wildman–Crippen MR) is 86.5 cm³/mol. The van der Waals surface area contributed by atoms with Crippen LogP contribution in [0.3, 0.4) is 0 Å². The van der Waals surface area contributed by atoms with Crippen LogP contribution in [0.1, 0.15) is 43.9 Å². The zero-order valence-electron chi connectivity index (χ0n) is 12.3. The number of nitrogens with one attached hydrogen (secondary N) is 1. The van der Waals surface area contributed by atoms with Crippen LogP contribution in [0.2, 0.25) is 5.02 Å². The van der Waals surface area contributed by atoms with Crippen LogP contribution in [0.4, 0.5) is 10.1 Å². The molecule has 1 nitrogen and oxygen atoms in total. The van der Waals surface area contributed by atoms with Crippen LogP contribution >= 0.6 is 11.6 Å². The Morgan fingerprint density at radius 2 is 1.95 bits per heavy atom. The minimum absolute atomic E-state index is 0.157. The van der Waals surface area contributed by atoms with Crippen molar-refractivity contribution in [1.82, 2.24) is 0 Å². The zero-order chi connectivity index (χ0) is 15.0. The second-order valence-corrected chi connectivity index (χ2v) is 6.74. The van der Waals surface area contributed by atoms with E-state index in [1.54, 1.807) is 12.1 Å². The van der Waals surface area contributed by atoms with Gasteiger partial charge in [0.05, 0.1) is 11.1 Å². The maximum atomic E-state index is 13.3. The number of hydrogen-bond acceptors (Lipinski definition) is 1. The molecule has 0 bridgehead atoms. The van der Waals surface area contributed by atoms with E-state index in [1.807, 2.05) is 0 Å². The van der Waals surface area contributed by atoms with Gasteiger partial charge in [0.25, 0.3) is 0 Å². The molecule has 0 spiro atoms. The standard InChI is InChI=1S/C18H19ClFN/c1-18(2)10-9-17(13-5-3-4-6-14(13)18)21-12-7-8-16(20)15(19)11-12/h3-8,11,17,21H,9-10H2,1-2H3. The molecule has 3 heteroatoms. The number of hydrogen-bond donors (Lipinski definition) is 1. The normalized spacial score (nSPS) is 19.9. The first kappa shape index (κ1) is 14.4. The minimum Gasteiger partial charge on any atom is -0.378 e. The molecule has 0 saturated carbocycles. The number of anilines is 1. The van der Waals surface area contributed by atoms with Crippen molar-refractivity contribution in [3.63, 3.8) is 0 Å². The quantitative estimate of drug-likeness (QED) is 0.750. The van der Waals surface area contributed by atoms with E-state index in [-0.39, 0.29) is 22.3 Å². The average Bonchev–Trinajstić information content (AvgIpc) is 2.46. The van der Waals surface area contributed by atoms with Crippen molar-refractivity contribution in [2.45, 2.75) is 38.1 Å². The molecule has 0 fully saturated rings. The van der Waals surface area contributed by atoms with Crippen molar-refractivity contribution >= 4 is 17.3 Å². The van der Waals surface area contributed by atoms with Gasteiger partial charge in [-0.05, 0) is 47.6 Å². The summed E-state index contributed by atoms with van der Waals surface area (Å²) in [6, 6.07) is 13.6. The highest BCUT2D eigenvalue weighted by molar-refractivity contribution is 6.31. The van der Waals surface area contributed by atoms with E-state index in [0.29, 0.717) is 0 Å². The summed E-state index contributed by atoms with van der Waals surface area (Å²) in [6.07, 6.45) is 2.18. The second-order valence-electron chi connectivity index (χ2n) is 6.34. The summed E-state index contributed by atoms with van der Waals surface area (Å²) < 4.78 is 13.3. The Bertz CT molecular complexity index is 666. The van der Waals surface area contributed by atoms with Crippen LogP contribution in [-0.4, -0.2) is 0 Å². The Labute approximate surface area is 130 Å². The Kier molecular flexibility index (Phi) is 3.66. The number of halogens is 2. The molecular weight excluding hydrogens is 285 g/mol. The topological polar surface area (TPSA) is 12.0 Å². The fourth-order valence-electron chi connectivity index (χ4n) is 3.15. The van der Waals surface area contributed by atoms with Crippen molar-refractivity contribution in [1.29, 1.82) is 0 Å². The van der Waals surface area contributed by atoms with Gasteiger partial charge in [-0.25, -0.2) is 4.39 Å². The van der Waals surface area contributed by atoms with E-state index in [4.69, 9.17) is 11.6 Å². The molecule has 110 valence electrons. The van der Waals surface area contributed by atoms with E-state index >= 15 is 0 Å². The maximum absolute atomic E-state index is 13.3. The van der Waals surface area contributed by atoms with Crippen LogP contribution in [0.25, 0.3) is 0 Å². The SMILES string of the molecule is CC1(C)CCC(Nc2ccc(F)c(Cl)c2)c2ccccc21. The average molecular weight is 304 g/mol. The van der Waals surface area contributed by atoms with Gasteiger partial charge in [-0.3, -0.25) is 0 Å². The first-order chi connectivity index (χ1) is 9.97. The zero-order valence-corrected chi connectivity index (χ0v) is 13.0. The lowest BCUT2D eigenvalue weighted by molar-refractivity contribution is 0.406. The summed E-state index contributed by atoms with van der Waals surface area (Å²) in [4.78, 5) is 0. The molecule has 3 rings (SSSR count). The highest BCUT2D eigenvalue weighted by atomic mass is 35.5. The summed E-state index contributed by atoms with van der Waals surface area (Å²) in [5, 5.41) is 3.65. The summed E-state index contributed by atoms with van der Waals surface area (Å²) in [7, 11) is 0. The van der Waals surface area contributed by atoms with Gasteiger partial charge >= 0.3 is 0 Å². The molecule has 0 heterocycles. The van der Waals surface area contributed by atoms with Gasteiger partial charge in [0, 0.05) is 5.69 Å². The first-order valence-electron chi connectivity index (χ1n) is 7.28. The minimum atomic E-state index is -0.382. The van der Waals surface area contributed by atoms with E-state index < -0.39 is 0 Å². The molecule has 1 aliphatic carbocycles. The van der Waals surface area contributed by atoms with Crippen molar-refractivity contribution in [2.75, 3.05) is 5.32 Å². The van der Waals surface area contributed by atoms with Gasteiger partial charge in [0.2, 0.25) is 0 Å². The van der Waals surface area contributed by atoms with Gasteiger partial charge in [-0.15, -0.1) is 0 Å². The third-order valence-electron chi connectivity index (χ3n) is 4.38. The third-order valence-corrected chi connectivity index (χ3v) is 4.67. The lowest BCUT2D eigenvalue weighted by atomic mass is 9.71. The van der Waals surface area contributed by atoms with Crippen LogP contribution in [0, 0.1) is 5.82 Å². The molecule has 1 unspecified atom stereocenters. The van der Waals surface area contributed by atoms with Crippen molar-refractivity contribution in [3.05, 3.63) is 64.4 Å². The monoisotopic (exact) mass is 303 g/mol. The molecule has 0 radical (unpaired) electrons. The molecule has 0 saturated heterocycles. The van der Waals surface area contributed by atoms with Gasteiger partial charge in [-0.1, -0.05) is 49.7 Å². The maximum Gasteiger partial charge on any atom is 0.141 e. The molecule has 2 aromatic rings.